The summed E-state index contributed by atoms with van der Waals surface area (Å²) in [6.07, 6.45) is -3.49. The van der Waals surface area contributed by atoms with E-state index in [2.05, 4.69) is 9.72 Å². The van der Waals surface area contributed by atoms with Gasteiger partial charge in [-0.25, -0.2) is 4.98 Å². The van der Waals surface area contributed by atoms with Crippen LogP contribution in [0.2, 0.25) is 5.15 Å². The Kier molecular flexibility index (Phi) is 2.66. The topological polar surface area (TPSA) is 22.1 Å². The van der Waals surface area contributed by atoms with Crippen LogP contribution in [0.3, 0.4) is 0 Å². The van der Waals surface area contributed by atoms with E-state index in [-0.39, 0.29) is 5.15 Å². The zero-order valence-corrected chi connectivity index (χ0v) is 7.28. The molecule has 0 saturated heterocycles. The average molecular weight is 212 g/mol. The number of pyridine rings is 1. The number of hydrogen-bond acceptors (Lipinski definition) is 2. The van der Waals surface area contributed by atoms with E-state index in [1.54, 1.807) is 0 Å². The number of aromatic nitrogens is 1. The summed E-state index contributed by atoms with van der Waals surface area (Å²) in [5, 5.41) is -0.294. The highest BCUT2D eigenvalue weighted by Gasteiger charge is 2.35. The molecule has 0 unspecified atom stereocenters. The molecule has 72 valence electrons. The maximum absolute atomic E-state index is 12.2. The average Bonchev–Trinajstić information content (AvgIpc) is 2.02. The first kappa shape index (κ1) is 10.1. The first-order valence-corrected chi connectivity index (χ1v) is 3.60. The molecule has 13 heavy (non-hydrogen) atoms. The van der Waals surface area contributed by atoms with Crippen molar-refractivity contribution >= 4 is 11.6 Å². The molecule has 0 aromatic carbocycles. The van der Waals surface area contributed by atoms with Crippen LogP contribution in [-0.4, -0.2) is 12.1 Å². The summed E-state index contributed by atoms with van der Waals surface area (Å²) in [4.78, 5) is 3.46. The number of hydrogen-bond donors (Lipinski definition) is 0. The molecule has 0 fully saturated rings. The van der Waals surface area contributed by atoms with E-state index in [0.717, 1.165) is 19.4 Å². The number of ether oxygens (including phenoxy) is 1. The molecule has 0 spiro atoms. The molecule has 0 atom stereocenters. The van der Waals surface area contributed by atoms with Crippen LogP contribution in [0.25, 0.3) is 0 Å². The fraction of sp³-hybridized carbons (Fsp3) is 0.286. The van der Waals surface area contributed by atoms with Gasteiger partial charge in [0.1, 0.15) is 5.56 Å². The van der Waals surface area contributed by atoms with Crippen LogP contribution in [0.5, 0.6) is 5.75 Å². The second-order valence-corrected chi connectivity index (χ2v) is 2.54. The Morgan fingerprint density at radius 2 is 2.08 bits per heavy atom. The highest BCUT2D eigenvalue weighted by Crippen LogP contribution is 2.38. The lowest BCUT2D eigenvalue weighted by Crippen LogP contribution is -2.08. The third-order valence-corrected chi connectivity index (χ3v) is 1.64. The molecule has 0 aliphatic carbocycles. The van der Waals surface area contributed by atoms with Crippen molar-refractivity contribution in [2.45, 2.75) is 6.18 Å². The normalized spacial score (nSPS) is 11.5. The fourth-order valence-corrected chi connectivity index (χ4v) is 1.08. The SMILES string of the molecule is COc1c(C(F)(F)F)ccnc1Cl. The third kappa shape index (κ3) is 2.03. The molecular weight excluding hydrogens is 207 g/mol. The van der Waals surface area contributed by atoms with Crippen molar-refractivity contribution in [1.29, 1.82) is 0 Å². The van der Waals surface area contributed by atoms with Gasteiger partial charge in [-0.15, -0.1) is 0 Å². The molecular formula is C7H5ClF3NO. The monoisotopic (exact) mass is 211 g/mol. The van der Waals surface area contributed by atoms with Crippen LogP contribution in [-0.2, 0) is 6.18 Å². The van der Waals surface area contributed by atoms with Gasteiger partial charge in [0, 0.05) is 6.20 Å². The van der Waals surface area contributed by atoms with Gasteiger partial charge in [-0.05, 0) is 6.07 Å². The highest BCUT2D eigenvalue weighted by atomic mass is 35.5. The van der Waals surface area contributed by atoms with Gasteiger partial charge in [0.2, 0.25) is 0 Å². The van der Waals surface area contributed by atoms with E-state index < -0.39 is 17.5 Å². The van der Waals surface area contributed by atoms with Gasteiger partial charge >= 0.3 is 6.18 Å². The van der Waals surface area contributed by atoms with Crippen LogP contribution in [0, 0.1) is 0 Å². The quantitative estimate of drug-likeness (QED) is 0.667. The van der Waals surface area contributed by atoms with Crippen molar-refractivity contribution in [2.24, 2.45) is 0 Å². The summed E-state index contributed by atoms with van der Waals surface area (Å²) in [7, 11) is 1.11. The maximum Gasteiger partial charge on any atom is 0.420 e. The van der Waals surface area contributed by atoms with E-state index in [0.29, 0.717) is 0 Å². The minimum Gasteiger partial charge on any atom is -0.493 e. The molecule has 1 rings (SSSR count). The van der Waals surface area contributed by atoms with Crippen molar-refractivity contribution in [3.05, 3.63) is 23.0 Å². The maximum atomic E-state index is 12.2. The van der Waals surface area contributed by atoms with E-state index in [4.69, 9.17) is 11.6 Å². The smallest absolute Gasteiger partial charge is 0.420 e. The third-order valence-electron chi connectivity index (χ3n) is 1.37. The lowest BCUT2D eigenvalue weighted by Gasteiger charge is -2.11. The molecule has 6 heteroatoms. The van der Waals surface area contributed by atoms with Crippen molar-refractivity contribution < 1.29 is 17.9 Å². The summed E-state index contributed by atoms with van der Waals surface area (Å²) in [5.74, 6) is -0.448. The van der Waals surface area contributed by atoms with Crippen molar-refractivity contribution in [3.63, 3.8) is 0 Å². The molecule has 0 saturated carbocycles. The molecule has 1 aromatic heterocycles. The van der Waals surface area contributed by atoms with Crippen LogP contribution < -0.4 is 4.74 Å². The zero-order valence-electron chi connectivity index (χ0n) is 6.52. The summed E-state index contributed by atoms with van der Waals surface area (Å²) in [6, 6.07) is 0.810. The van der Waals surface area contributed by atoms with Crippen LogP contribution >= 0.6 is 11.6 Å². The molecule has 0 radical (unpaired) electrons. The second-order valence-electron chi connectivity index (χ2n) is 2.18. The lowest BCUT2D eigenvalue weighted by atomic mass is 10.2. The minimum absolute atomic E-state index is 0.294. The molecule has 0 aliphatic heterocycles. The van der Waals surface area contributed by atoms with E-state index >= 15 is 0 Å². The molecule has 0 N–H and O–H groups in total. The first-order chi connectivity index (χ1) is 5.96. The van der Waals surface area contributed by atoms with E-state index in [1.807, 2.05) is 0 Å². The van der Waals surface area contributed by atoms with Crippen LogP contribution in [0.1, 0.15) is 5.56 Å². The van der Waals surface area contributed by atoms with Gasteiger partial charge < -0.3 is 4.74 Å². The standard InChI is InChI=1S/C7H5ClF3NO/c1-13-5-4(7(9,10)11)2-3-12-6(5)8/h2-3H,1H3. The summed E-state index contributed by atoms with van der Waals surface area (Å²) < 4.78 is 41.2. The van der Waals surface area contributed by atoms with Gasteiger partial charge in [0.25, 0.3) is 0 Å². The second kappa shape index (κ2) is 3.41. The Bertz CT molecular complexity index is 313. The highest BCUT2D eigenvalue weighted by molar-refractivity contribution is 6.30. The Morgan fingerprint density at radius 1 is 1.46 bits per heavy atom. The van der Waals surface area contributed by atoms with Crippen LogP contribution in [0.15, 0.2) is 12.3 Å². The van der Waals surface area contributed by atoms with Crippen molar-refractivity contribution in [3.8, 4) is 5.75 Å². The lowest BCUT2D eigenvalue weighted by molar-refractivity contribution is -0.138. The van der Waals surface area contributed by atoms with Crippen molar-refractivity contribution in [1.82, 2.24) is 4.98 Å². The van der Waals surface area contributed by atoms with Gasteiger partial charge in [-0.1, -0.05) is 11.6 Å². The summed E-state index contributed by atoms with van der Waals surface area (Å²) >= 11 is 5.40. The van der Waals surface area contributed by atoms with Crippen LogP contribution in [0.4, 0.5) is 13.2 Å². The van der Waals surface area contributed by atoms with Crippen molar-refractivity contribution in [2.75, 3.05) is 7.11 Å². The number of alkyl halides is 3. The molecule has 0 aliphatic rings. The largest absolute Gasteiger partial charge is 0.493 e. The Morgan fingerprint density at radius 3 is 2.46 bits per heavy atom. The number of rotatable bonds is 1. The number of halogens is 4. The molecule has 0 amide bonds. The Balaban J connectivity index is 3.29. The fourth-order valence-electron chi connectivity index (χ4n) is 0.840. The Labute approximate surface area is 77.3 Å². The van der Waals surface area contributed by atoms with Gasteiger partial charge in [0.05, 0.1) is 7.11 Å². The van der Waals surface area contributed by atoms with E-state index in [1.165, 1.54) is 0 Å². The van der Waals surface area contributed by atoms with Gasteiger partial charge in [-0.2, -0.15) is 13.2 Å². The van der Waals surface area contributed by atoms with Gasteiger partial charge in [0.15, 0.2) is 10.9 Å². The predicted molar refractivity (Wildman–Crippen MR) is 40.8 cm³/mol. The van der Waals surface area contributed by atoms with E-state index in [9.17, 15) is 13.2 Å². The van der Waals surface area contributed by atoms with Gasteiger partial charge in [-0.3, -0.25) is 0 Å². The Hall–Kier alpha value is -0.970. The number of nitrogens with zero attached hydrogens (tertiary/aromatic N) is 1. The summed E-state index contributed by atoms with van der Waals surface area (Å²) in [6.45, 7) is 0. The number of methoxy groups -OCH3 is 1. The first-order valence-electron chi connectivity index (χ1n) is 3.22. The zero-order chi connectivity index (χ0) is 10.1. The molecule has 2 nitrogen and oxygen atoms in total. The summed E-state index contributed by atoms with van der Waals surface area (Å²) in [5.41, 5.74) is -0.921. The molecule has 0 bridgehead atoms. The predicted octanol–water partition coefficient (Wildman–Crippen LogP) is 2.76. The minimum atomic E-state index is -4.47. The molecule has 1 heterocycles. The molecule has 1 aromatic rings.